The second-order valence-corrected chi connectivity index (χ2v) is 5.39. The van der Waals surface area contributed by atoms with Gasteiger partial charge in [-0.3, -0.25) is 4.79 Å². The summed E-state index contributed by atoms with van der Waals surface area (Å²) in [5.74, 6) is -6.93. The molecule has 0 aliphatic rings. The highest BCUT2D eigenvalue weighted by Gasteiger charge is 2.50. The Balaban J connectivity index is 3.05. The summed E-state index contributed by atoms with van der Waals surface area (Å²) in [7, 11) is -3.11. The van der Waals surface area contributed by atoms with Gasteiger partial charge in [0.1, 0.15) is 0 Å². The lowest BCUT2D eigenvalue weighted by atomic mass is 10.2. The average Bonchev–Trinajstić information content (AvgIpc) is 2.35. The number of hydrogen-bond donors (Lipinski definition) is 1. The molecule has 0 atom stereocenters. The summed E-state index contributed by atoms with van der Waals surface area (Å²) in [4.78, 5) is 11.2. The van der Waals surface area contributed by atoms with Crippen molar-refractivity contribution in [3.63, 3.8) is 0 Å². The number of sulfonamides is 1. The van der Waals surface area contributed by atoms with E-state index < -0.39 is 28.3 Å². The number of nitrogens with zero attached hydrogens (tertiary/aromatic N) is 1. The minimum atomic E-state index is -4.83. The summed E-state index contributed by atoms with van der Waals surface area (Å²) in [5, 5.41) is 4.82. The normalized spacial score (nSPS) is 12.6. The molecule has 0 radical (unpaired) electrons. The van der Waals surface area contributed by atoms with Crippen LogP contribution >= 0.6 is 0 Å². The zero-order valence-corrected chi connectivity index (χ0v) is 10.9. The second-order valence-electron chi connectivity index (χ2n) is 3.83. The zero-order chi connectivity index (χ0) is 15.7. The van der Waals surface area contributed by atoms with Crippen molar-refractivity contribution in [2.45, 2.75) is 17.2 Å². The number of hydrogen-bond acceptors (Lipinski definition) is 3. The van der Waals surface area contributed by atoms with Gasteiger partial charge in [-0.1, -0.05) is 0 Å². The van der Waals surface area contributed by atoms with Crippen molar-refractivity contribution < 1.29 is 30.8 Å². The number of rotatable bonds is 4. The molecule has 1 aromatic carbocycles. The average molecular weight is 314 g/mol. The van der Waals surface area contributed by atoms with Crippen LogP contribution in [0, 0.1) is 0 Å². The van der Waals surface area contributed by atoms with E-state index in [1.54, 1.807) is 0 Å². The molecule has 112 valence electrons. The van der Waals surface area contributed by atoms with E-state index in [9.17, 15) is 30.8 Å². The van der Waals surface area contributed by atoms with Gasteiger partial charge in [-0.25, -0.2) is 22.3 Å². The van der Waals surface area contributed by atoms with Crippen molar-refractivity contribution in [2.24, 2.45) is 5.14 Å². The number of nitrogens with two attached hydrogens (primary N) is 1. The number of alkyl halides is 4. The minimum absolute atomic E-state index is 0.178. The first-order chi connectivity index (χ1) is 8.98. The van der Waals surface area contributed by atoms with Crippen molar-refractivity contribution in [3.05, 3.63) is 24.3 Å². The maximum Gasteiger partial charge on any atom is 0.384 e. The Kier molecular flexibility index (Phi) is 4.39. The lowest BCUT2D eigenvalue weighted by molar-refractivity contribution is -0.166. The molecule has 0 aliphatic carbocycles. The summed E-state index contributed by atoms with van der Waals surface area (Å²) >= 11 is 0. The van der Waals surface area contributed by atoms with Gasteiger partial charge in [0.25, 0.3) is 0 Å². The van der Waals surface area contributed by atoms with Gasteiger partial charge < -0.3 is 4.90 Å². The Bertz CT molecular complexity index is 601. The molecule has 0 heterocycles. The van der Waals surface area contributed by atoms with Crippen LogP contribution in [-0.4, -0.2) is 33.7 Å². The van der Waals surface area contributed by atoms with Gasteiger partial charge in [-0.15, -0.1) is 0 Å². The Morgan fingerprint density at radius 3 is 2.05 bits per heavy atom. The monoisotopic (exact) mass is 314 g/mol. The molecule has 0 aliphatic heterocycles. The largest absolute Gasteiger partial charge is 0.384 e. The summed E-state index contributed by atoms with van der Waals surface area (Å²) in [6.07, 6.45) is -4.14. The minimum Gasteiger partial charge on any atom is -0.310 e. The molecular weight excluding hydrogens is 304 g/mol. The van der Waals surface area contributed by atoms with E-state index in [2.05, 4.69) is 0 Å². The number of primary sulfonamides is 1. The summed E-state index contributed by atoms with van der Waals surface area (Å²) in [6.45, 7) is 0. The third-order valence-corrected chi connectivity index (χ3v) is 3.35. The number of benzene rings is 1. The topological polar surface area (TPSA) is 80.5 Å². The Morgan fingerprint density at radius 1 is 1.25 bits per heavy atom. The van der Waals surface area contributed by atoms with Gasteiger partial charge in [0.15, 0.2) is 0 Å². The molecule has 0 aromatic heterocycles. The third-order valence-electron chi connectivity index (χ3n) is 2.42. The number of carbonyl (C=O) groups is 1. The van der Waals surface area contributed by atoms with Crippen LogP contribution in [0.25, 0.3) is 0 Å². The van der Waals surface area contributed by atoms with E-state index in [-0.39, 0.29) is 10.6 Å². The lowest BCUT2D eigenvalue weighted by Crippen LogP contribution is -2.46. The van der Waals surface area contributed by atoms with Gasteiger partial charge in [-0.05, 0) is 24.3 Å². The van der Waals surface area contributed by atoms with E-state index >= 15 is 0 Å². The van der Waals surface area contributed by atoms with Crippen LogP contribution in [0.5, 0.6) is 0 Å². The first-order valence-electron chi connectivity index (χ1n) is 5.05. The predicted octanol–water partition coefficient (Wildman–Crippen LogP) is 1.20. The summed E-state index contributed by atoms with van der Waals surface area (Å²) in [6, 6.07) is 3.93. The van der Waals surface area contributed by atoms with Crippen LogP contribution in [-0.2, 0) is 14.8 Å². The molecule has 0 saturated heterocycles. The third kappa shape index (κ3) is 3.25. The van der Waals surface area contributed by atoms with Crippen molar-refractivity contribution in [3.8, 4) is 0 Å². The molecule has 0 fully saturated rings. The molecule has 20 heavy (non-hydrogen) atoms. The van der Waals surface area contributed by atoms with Crippen molar-refractivity contribution in [1.29, 1.82) is 0 Å². The van der Waals surface area contributed by atoms with Gasteiger partial charge in [0.05, 0.1) is 4.90 Å². The molecule has 1 amide bonds. The first-order valence-corrected chi connectivity index (χ1v) is 6.59. The van der Waals surface area contributed by atoms with Crippen molar-refractivity contribution >= 4 is 21.6 Å². The molecular formula is C10H10F4N2O3S. The standard InChI is InChI=1S/C10H10F4N2O3S/c1-16(9(17)10(13,14)8(11)12)6-2-4-7(5-3-6)20(15,18)19/h2-5,8H,1H3,(H2,15,18,19). The van der Waals surface area contributed by atoms with E-state index in [1.807, 2.05) is 0 Å². The smallest absolute Gasteiger partial charge is 0.310 e. The highest BCUT2D eigenvalue weighted by Crippen LogP contribution is 2.27. The van der Waals surface area contributed by atoms with E-state index in [0.717, 1.165) is 31.3 Å². The molecule has 0 spiro atoms. The van der Waals surface area contributed by atoms with E-state index in [4.69, 9.17) is 5.14 Å². The number of halogens is 4. The molecule has 1 rings (SSSR count). The molecule has 5 nitrogen and oxygen atoms in total. The van der Waals surface area contributed by atoms with Gasteiger partial charge >= 0.3 is 18.3 Å². The fourth-order valence-electron chi connectivity index (χ4n) is 1.29. The second kappa shape index (κ2) is 5.37. The molecule has 10 heteroatoms. The summed E-state index contributed by atoms with van der Waals surface area (Å²) < 4.78 is 71.9. The predicted molar refractivity (Wildman–Crippen MR) is 62.2 cm³/mol. The van der Waals surface area contributed by atoms with Crippen LogP contribution in [0.1, 0.15) is 0 Å². The maximum atomic E-state index is 12.9. The Morgan fingerprint density at radius 2 is 1.70 bits per heavy atom. The number of anilines is 1. The quantitative estimate of drug-likeness (QED) is 0.848. The fourth-order valence-corrected chi connectivity index (χ4v) is 1.81. The maximum absolute atomic E-state index is 12.9. The van der Waals surface area contributed by atoms with Crippen LogP contribution in [0.2, 0.25) is 0 Å². The van der Waals surface area contributed by atoms with Gasteiger partial charge in [0.2, 0.25) is 10.0 Å². The van der Waals surface area contributed by atoms with Gasteiger partial charge in [-0.2, -0.15) is 8.78 Å². The SMILES string of the molecule is CN(C(=O)C(F)(F)C(F)F)c1ccc(S(N)(=O)=O)cc1. The summed E-state index contributed by atoms with van der Waals surface area (Å²) in [5.41, 5.74) is -0.178. The molecule has 0 bridgehead atoms. The Labute approximate surface area is 112 Å². The van der Waals surface area contributed by atoms with Crippen molar-refractivity contribution in [2.75, 3.05) is 11.9 Å². The molecule has 2 N–H and O–H groups in total. The fraction of sp³-hybridized carbons (Fsp3) is 0.300. The first kappa shape index (κ1) is 16.4. The van der Waals surface area contributed by atoms with Gasteiger partial charge in [0, 0.05) is 12.7 Å². The lowest BCUT2D eigenvalue weighted by Gasteiger charge is -2.22. The van der Waals surface area contributed by atoms with Crippen LogP contribution in [0.3, 0.4) is 0 Å². The number of carbonyl (C=O) groups excluding carboxylic acids is 1. The molecule has 0 saturated carbocycles. The highest BCUT2D eigenvalue weighted by molar-refractivity contribution is 7.89. The number of amides is 1. The highest BCUT2D eigenvalue weighted by atomic mass is 32.2. The van der Waals surface area contributed by atoms with Crippen molar-refractivity contribution in [1.82, 2.24) is 0 Å². The van der Waals surface area contributed by atoms with Crippen LogP contribution in [0.4, 0.5) is 23.2 Å². The Hall–Kier alpha value is -1.68. The van der Waals surface area contributed by atoms with Crippen LogP contribution < -0.4 is 10.0 Å². The zero-order valence-electron chi connectivity index (χ0n) is 10.1. The van der Waals surface area contributed by atoms with E-state index in [1.165, 1.54) is 0 Å². The van der Waals surface area contributed by atoms with Crippen LogP contribution in [0.15, 0.2) is 29.2 Å². The molecule has 1 aromatic rings. The van der Waals surface area contributed by atoms with E-state index in [0.29, 0.717) is 4.90 Å². The molecule has 0 unspecified atom stereocenters.